The van der Waals surface area contributed by atoms with E-state index in [1.807, 2.05) is 32.0 Å². The number of benzene rings is 1. The third-order valence-electron chi connectivity index (χ3n) is 3.13. The van der Waals surface area contributed by atoms with Crippen molar-refractivity contribution >= 4 is 29.0 Å². The second-order valence-electron chi connectivity index (χ2n) is 5.32. The lowest BCUT2D eigenvalue weighted by Crippen LogP contribution is -2.14. The molecule has 0 aliphatic rings. The van der Waals surface area contributed by atoms with Crippen LogP contribution in [-0.4, -0.2) is 37.1 Å². The highest BCUT2D eigenvalue weighted by molar-refractivity contribution is 5.91. The highest BCUT2D eigenvalue weighted by Crippen LogP contribution is 2.29. The van der Waals surface area contributed by atoms with E-state index in [4.69, 9.17) is 4.74 Å². The van der Waals surface area contributed by atoms with Crippen molar-refractivity contribution in [1.82, 2.24) is 9.97 Å². The summed E-state index contributed by atoms with van der Waals surface area (Å²) >= 11 is 0. The van der Waals surface area contributed by atoms with E-state index in [0.29, 0.717) is 17.4 Å². The number of anilines is 4. The van der Waals surface area contributed by atoms with E-state index < -0.39 is 0 Å². The van der Waals surface area contributed by atoms with Gasteiger partial charge in [-0.15, -0.1) is 0 Å². The molecule has 2 aromatic rings. The number of ether oxygens (including phenoxy) is 1. The zero-order valence-electron chi connectivity index (χ0n) is 14.0. The van der Waals surface area contributed by atoms with Crippen molar-refractivity contribution < 1.29 is 9.53 Å². The average molecular weight is 315 g/mol. The number of nitrogens with one attached hydrogen (secondary N) is 2. The predicted octanol–water partition coefficient (Wildman–Crippen LogP) is 2.56. The third kappa shape index (κ3) is 4.09. The molecular weight excluding hydrogens is 294 g/mol. The molecule has 0 aliphatic carbocycles. The van der Waals surface area contributed by atoms with Gasteiger partial charge in [-0.3, -0.25) is 4.79 Å². The Bertz CT molecular complexity index is 716. The van der Waals surface area contributed by atoms with E-state index in [2.05, 4.69) is 20.6 Å². The zero-order valence-corrected chi connectivity index (χ0v) is 14.0. The van der Waals surface area contributed by atoms with Crippen LogP contribution in [0.2, 0.25) is 0 Å². The first-order valence-electron chi connectivity index (χ1n) is 7.14. The van der Waals surface area contributed by atoms with E-state index in [1.54, 1.807) is 25.4 Å². The van der Waals surface area contributed by atoms with E-state index >= 15 is 0 Å². The standard InChI is InChI=1S/C16H21N5O2/c1-10-9-17-16(20-15(10)21(3)4)19-12-6-7-14(23-5)13(8-12)18-11(2)22/h6-9H,1-5H3,(H,18,22)(H,17,19,20). The molecule has 1 aromatic carbocycles. The van der Waals surface area contributed by atoms with E-state index in [0.717, 1.165) is 17.1 Å². The van der Waals surface area contributed by atoms with Crippen LogP contribution in [0.5, 0.6) is 5.75 Å². The molecule has 2 rings (SSSR count). The predicted molar refractivity (Wildman–Crippen MR) is 91.7 cm³/mol. The maximum Gasteiger partial charge on any atom is 0.229 e. The normalized spacial score (nSPS) is 10.1. The molecule has 0 atom stereocenters. The minimum absolute atomic E-state index is 0.165. The van der Waals surface area contributed by atoms with Gasteiger partial charge in [0.25, 0.3) is 0 Å². The lowest BCUT2D eigenvalue weighted by atomic mass is 10.2. The molecule has 7 heteroatoms. The van der Waals surface area contributed by atoms with Gasteiger partial charge in [0.05, 0.1) is 12.8 Å². The smallest absolute Gasteiger partial charge is 0.229 e. The number of amides is 1. The summed E-state index contributed by atoms with van der Waals surface area (Å²) in [4.78, 5) is 22.0. The topological polar surface area (TPSA) is 79.4 Å². The maximum atomic E-state index is 11.3. The van der Waals surface area contributed by atoms with Crippen molar-refractivity contribution in [1.29, 1.82) is 0 Å². The summed E-state index contributed by atoms with van der Waals surface area (Å²) in [6, 6.07) is 5.39. The summed E-state index contributed by atoms with van der Waals surface area (Å²) in [5.74, 6) is 1.75. The molecule has 23 heavy (non-hydrogen) atoms. The summed E-state index contributed by atoms with van der Waals surface area (Å²) in [5.41, 5.74) is 2.34. The van der Waals surface area contributed by atoms with Gasteiger partial charge in [0.2, 0.25) is 11.9 Å². The number of hydrogen-bond donors (Lipinski definition) is 2. The van der Waals surface area contributed by atoms with Gasteiger partial charge in [-0.05, 0) is 25.1 Å². The average Bonchev–Trinajstić information content (AvgIpc) is 2.48. The van der Waals surface area contributed by atoms with E-state index in [-0.39, 0.29) is 5.91 Å². The van der Waals surface area contributed by atoms with Crippen LogP contribution in [0.3, 0.4) is 0 Å². The van der Waals surface area contributed by atoms with Crippen molar-refractivity contribution in [3.63, 3.8) is 0 Å². The van der Waals surface area contributed by atoms with Crippen molar-refractivity contribution in [2.24, 2.45) is 0 Å². The van der Waals surface area contributed by atoms with Crippen LogP contribution >= 0.6 is 0 Å². The molecule has 0 spiro atoms. The van der Waals surface area contributed by atoms with Crippen molar-refractivity contribution in [2.45, 2.75) is 13.8 Å². The Morgan fingerprint density at radius 3 is 2.65 bits per heavy atom. The number of aromatic nitrogens is 2. The van der Waals surface area contributed by atoms with E-state index in [1.165, 1.54) is 6.92 Å². The minimum Gasteiger partial charge on any atom is -0.495 e. The van der Waals surface area contributed by atoms with Crippen LogP contribution in [0.1, 0.15) is 12.5 Å². The summed E-state index contributed by atoms with van der Waals surface area (Å²) in [7, 11) is 5.42. The molecule has 1 amide bonds. The van der Waals surface area contributed by atoms with Crippen LogP contribution < -0.4 is 20.3 Å². The lowest BCUT2D eigenvalue weighted by molar-refractivity contribution is -0.114. The van der Waals surface area contributed by atoms with Crippen LogP contribution in [-0.2, 0) is 4.79 Å². The van der Waals surface area contributed by atoms with Crippen LogP contribution in [0, 0.1) is 6.92 Å². The lowest BCUT2D eigenvalue weighted by Gasteiger charge is -2.16. The summed E-state index contributed by atoms with van der Waals surface area (Å²) in [6.45, 7) is 3.41. The molecule has 0 radical (unpaired) electrons. The van der Waals surface area contributed by atoms with Gasteiger partial charge in [-0.25, -0.2) is 4.98 Å². The number of carbonyl (C=O) groups excluding carboxylic acids is 1. The second kappa shape index (κ2) is 6.95. The minimum atomic E-state index is -0.165. The summed E-state index contributed by atoms with van der Waals surface area (Å²) < 4.78 is 5.24. The number of carbonyl (C=O) groups is 1. The Balaban J connectivity index is 2.29. The third-order valence-corrected chi connectivity index (χ3v) is 3.13. The van der Waals surface area contributed by atoms with Gasteiger partial charge in [-0.1, -0.05) is 0 Å². The van der Waals surface area contributed by atoms with Crippen LogP contribution in [0.4, 0.5) is 23.1 Å². The molecule has 1 aromatic heterocycles. The van der Waals surface area contributed by atoms with Crippen molar-refractivity contribution in [3.8, 4) is 5.75 Å². The fourth-order valence-electron chi connectivity index (χ4n) is 2.15. The van der Waals surface area contributed by atoms with Gasteiger partial charge in [0, 0.05) is 38.5 Å². The molecule has 0 fully saturated rings. The number of rotatable bonds is 5. The first-order valence-corrected chi connectivity index (χ1v) is 7.14. The van der Waals surface area contributed by atoms with Crippen LogP contribution in [0.25, 0.3) is 0 Å². The Labute approximate surface area is 135 Å². The molecular formula is C16H21N5O2. The zero-order chi connectivity index (χ0) is 17.0. The van der Waals surface area contributed by atoms with Crippen molar-refractivity contribution in [2.75, 3.05) is 36.7 Å². The fourth-order valence-corrected chi connectivity index (χ4v) is 2.15. The monoisotopic (exact) mass is 315 g/mol. The van der Waals surface area contributed by atoms with Gasteiger partial charge in [-0.2, -0.15) is 4.98 Å². The van der Waals surface area contributed by atoms with Gasteiger partial charge in [0.15, 0.2) is 0 Å². The first kappa shape index (κ1) is 16.5. The molecule has 0 bridgehead atoms. The molecule has 7 nitrogen and oxygen atoms in total. The van der Waals surface area contributed by atoms with Gasteiger partial charge in [0.1, 0.15) is 11.6 Å². The molecule has 0 saturated heterocycles. The molecule has 122 valence electrons. The largest absolute Gasteiger partial charge is 0.495 e. The van der Waals surface area contributed by atoms with Crippen molar-refractivity contribution in [3.05, 3.63) is 30.0 Å². The van der Waals surface area contributed by atoms with Gasteiger partial charge < -0.3 is 20.3 Å². The molecule has 0 saturated carbocycles. The maximum absolute atomic E-state index is 11.3. The molecule has 1 heterocycles. The summed E-state index contributed by atoms with van der Waals surface area (Å²) in [6.07, 6.45) is 1.77. The Kier molecular flexibility index (Phi) is 5.00. The Morgan fingerprint density at radius 1 is 1.30 bits per heavy atom. The Morgan fingerprint density at radius 2 is 2.04 bits per heavy atom. The van der Waals surface area contributed by atoms with Crippen LogP contribution in [0.15, 0.2) is 24.4 Å². The fraction of sp³-hybridized carbons (Fsp3) is 0.312. The number of methoxy groups -OCH3 is 1. The second-order valence-corrected chi connectivity index (χ2v) is 5.32. The highest BCUT2D eigenvalue weighted by atomic mass is 16.5. The Hall–Kier alpha value is -2.83. The molecule has 0 aliphatic heterocycles. The number of hydrogen-bond acceptors (Lipinski definition) is 6. The number of nitrogens with zero attached hydrogens (tertiary/aromatic N) is 3. The van der Waals surface area contributed by atoms with Gasteiger partial charge >= 0.3 is 0 Å². The quantitative estimate of drug-likeness (QED) is 0.883. The molecule has 0 unspecified atom stereocenters. The van der Waals surface area contributed by atoms with E-state index in [9.17, 15) is 4.79 Å². The SMILES string of the molecule is COc1ccc(Nc2ncc(C)c(N(C)C)n2)cc1NC(C)=O. The number of aryl methyl sites for hydroxylation is 1. The summed E-state index contributed by atoms with van der Waals surface area (Å²) in [5, 5.41) is 5.87. The highest BCUT2D eigenvalue weighted by Gasteiger charge is 2.09. The molecule has 2 N–H and O–H groups in total. The first-order chi connectivity index (χ1) is 10.9.